The maximum Gasteiger partial charge on any atom is 0.345 e. The van der Waals surface area contributed by atoms with Gasteiger partial charge in [0.2, 0.25) is 10.0 Å². The summed E-state index contributed by atoms with van der Waals surface area (Å²) in [6.45, 7) is 0.0235. The van der Waals surface area contributed by atoms with E-state index in [4.69, 9.17) is 5.11 Å². The second-order valence-electron chi connectivity index (χ2n) is 3.28. The Hall–Kier alpha value is -1.71. The molecule has 0 amide bonds. The molecule has 2 rings (SSSR count). The first kappa shape index (κ1) is 12.7. The number of imidazole rings is 1. The van der Waals surface area contributed by atoms with E-state index < -0.39 is 16.0 Å². The molecule has 0 radical (unpaired) electrons. The first-order valence-electron chi connectivity index (χ1n) is 4.80. The van der Waals surface area contributed by atoms with E-state index in [2.05, 4.69) is 14.7 Å². The van der Waals surface area contributed by atoms with Crippen molar-refractivity contribution in [3.8, 4) is 0 Å². The molecule has 2 aromatic heterocycles. The summed E-state index contributed by atoms with van der Waals surface area (Å²) < 4.78 is 25.9. The molecule has 0 saturated carbocycles. The number of nitrogens with one attached hydrogen (secondary N) is 2. The molecule has 0 bridgehead atoms. The zero-order chi connectivity index (χ0) is 13.2. The normalized spacial score (nSPS) is 11.6. The van der Waals surface area contributed by atoms with Crippen LogP contribution in [-0.4, -0.2) is 29.5 Å². The van der Waals surface area contributed by atoms with Gasteiger partial charge in [-0.2, -0.15) is 0 Å². The van der Waals surface area contributed by atoms with Crippen LogP contribution < -0.4 is 4.72 Å². The minimum Gasteiger partial charge on any atom is -0.477 e. The van der Waals surface area contributed by atoms with Crippen molar-refractivity contribution < 1.29 is 18.3 Å². The summed E-state index contributed by atoms with van der Waals surface area (Å²) in [4.78, 5) is 17.3. The summed E-state index contributed by atoms with van der Waals surface area (Å²) >= 11 is 0.705. The van der Waals surface area contributed by atoms with Gasteiger partial charge in [-0.3, -0.25) is 0 Å². The van der Waals surface area contributed by atoms with Crippen molar-refractivity contribution in [2.24, 2.45) is 0 Å². The van der Waals surface area contributed by atoms with E-state index in [0.29, 0.717) is 17.2 Å². The van der Waals surface area contributed by atoms with Gasteiger partial charge in [-0.25, -0.2) is 22.9 Å². The van der Waals surface area contributed by atoms with E-state index in [0.717, 1.165) is 0 Å². The lowest BCUT2D eigenvalue weighted by atomic mass is 10.5. The second kappa shape index (κ2) is 4.88. The van der Waals surface area contributed by atoms with Gasteiger partial charge in [0.25, 0.3) is 0 Å². The monoisotopic (exact) mass is 287 g/mol. The molecule has 0 aliphatic carbocycles. The molecule has 18 heavy (non-hydrogen) atoms. The number of aromatic nitrogens is 2. The highest BCUT2D eigenvalue weighted by atomic mass is 32.2. The van der Waals surface area contributed by atoms with Crippen molar-refractivity contribution in [1.82, 2.24) is 14.7 Å². The lowest BCUT2D eigenvalue weighted by molar-refractivity contribution is 0.0702. The Labute approximate surface area is 107 Å². The Kier molecular flexibility index (Phi) is 3.45. The van der Waals surface area contributed by atoms with Crippen molar-refractivity contribution in [2.75, 3.05) is 0 Å². The number of carbonyl (C=O) groups is 1. The Morgan fingerprint density at radius 1 is 1.50 bits per heavy atom. The molecule has 9 heteroatoms. The fourth-order valence-electron chi connectivity index (χ4n) is 1.21. The largest absolute Gasteiger partial charge is 0.477 e. The number of carboxylic acids is 1. The summed E-state index contributed by atoms with van der Waals surface area (Å²) in [5, 5.41) is 8.72. The van der Waals surface area contributed by atoms with Crippen LogP contribution in [0.3, 0.4) is 0 Å². The van der Waals surface area contributed by atoms with Crippen LogP contribution in [0.1, 0.15) is 15.5 Å². The Morgan fingerprint density at radius 3 is 2.83 bits per heavy atom. The third kappa shape index (κ3) is 2.75. The van der Waals surface area contributed by atoms with E-state index >= 15 is 0 Å². The quantitative estimate of drug-likeness (QED) is 0.747. The molecule has 0 aromatic carbocycles. The van der Waals surface area contributed by atoms with Crippen LogP contribution in [0.15, 0.2) is 28.7 Å². The fraction of sp³-hybridized carbons (Fsp3) is 0.111. The van der Waals surface area contributed by atoms with E-state index in [1.807, 2.05) is 0 Å². The Balaban J connectivity index is 2.12. The van der Waals surface area contributed by atoms with Gasteiger partial charge in [0.1, 0.15) is 14.9 Å². The summed E-state index contributed by atoms with van der Waals surface area (Å²) in [5.74, 6) is -0.666. The first-order valence-corrected chi connectivity index (χ1v) is 7.10. The van der Waals surface area contributed by atoms with Crippen molar-refractivity contribution in [1.29, 1.82) is 0 Å². The zero-order valence-corrected chi connectivity index (χ0v) is 10.6. The summed E-state index contributed by atoms with van der Waals surface area (Å²) in [6, 6.07) is 2.52. The first-order chi connectivity index (χ1) is 8.49. The van der Waals surface area contributed by atoms with Gasteiger partial charge in [0, 0.05) is 12.4 Å². The highest BCUT2D eigenvalue weighted by molar-refractivity contribution is 7.91. The molecular formula is C9H9N3O4S2. The van der Waals surface area contributed by atoms with E-state index in [-0.39, 0.29) is 15.6 Å². The lowest BCUT2D eigenvalue weighted by Crippen LogP contribution is -2.22. The Morgan fingerprint density at radius 2 is 2.28 bits per heavy atom. The van der Waals surface area contributed by atoms with Crippen LogP contribution >= 0.6 is 11.3 Å². The number of sulfonamides is 1. The molecule has 0 aliphatic heterocycles. The average Bonchev–Trinajstić information content (AvgIpc) is 2.98. The number of thiophene rings is 1. The molecule has 0 aliphatic rings. The number of rotatable bonds is 5. The molecule has 0 saturated heterocycles. The van der Waals surface area contributed by atoms with Crippen LogP contribution in [0.5, 0.6) is 0 Å². The van der Waals surface area contributed by atoms with Gasteiger partial charge < -0.3 is 10.1 Å². The van der Waals surface area contributed by atoms with Gasteiger partial charge in [-0.1, -0.05) is 0 Å². The number of H-pyrrole nitrogens is 1. The predicted molar refractivity (Wildman–Crippen MR) is 63.9 cm³/mol. The lowest BCUT2D eigenvalue weighted by Gasteiger charge is -2.01. The minimum absolute atomic E-state index is 0.0200. The van der Waals surface area contributed by atoms with Crippen molar-refractivity contribution in [3.05, 3.63) is 35.2 Å². The predicted octanol–water partition coefficient (Wildman–Crippen LogP) is 0.648. The molecular weight excluding hydrogens is 278 g/mol. The van der Waals surface area contributed by atoms with Crippen LogP contribution in [0.25, 0.3) is 0 Å². The van der Waals surface area contributed by atoms with E-state index in [1.54, 1.807) is 6.20 Å². The number of carboxylic acid groups (broad SMARTS) is 1. The average molecular weight is 287 g/mol. The van der Waals surface area contributed by atoms with Crippen LogP contribution in [0, 0.1) is 0 Å². The van der Waals surface area contributed by atoms with Crippen molar-refractivity contribution >= 4 is 27.3 Å². The summed E-state index contributed by atoms with van der Waals surface area (Å²) in [6.07, 6.45) is 3.09. The van der Waals surface area contributed by atoms with Crippen molar-refractivity contribution in [3.63, 3.8) is 0 Å². The van der Waals surface area contributed by atoms with Crippen molar-refractivity contribution in [2.45, 2.75) is 10.8 Å². The SMILES string of the molecule is O=C(O)c1ccc(S(=O)(=O)NCc2ncc[nH]2)s1. The highest BCUT2D eigenvalue weighted by Crippen LogP contribution is 2.21. The van der Waals surface area contributed by atoms with E-state index in [1.165, 1.54) is 18.3 Å². The summed E-state index contributed by atoms with van der Waals surface area (Å²) in [7, 11) is -3.70. The highest BCUT2D eigenvalue weighted by Gasteiger charge is 2.18. The molecule has 96 valence electrons. The molecule has 2 heterocycles. The van der Waals surface area contributed by atoms with E-state index in [9.17, 15) is 13.2 Å². The standard InChI is InChI=1S/C9H9N3O4S2/c13-9(14)6-1-2-8(17-6)18(15,16)12-5-7-10-3-4-11-7/h1-4,12H,5H2,(H,10,11)(H,13,14). The number of aromatic carboxylic acids is 1. The van der Waals surface area contributed by atoms with Gasteiger partial charge in [0.05, 0.1) is 6.54 Å². The molecule has 0 unspecified atom stereocenters. The topological polar surface area (TPSA) is 112 Å². The van der Waals surface area contributed by atoms with Gasteiger partial charge in [0.15, 0.2) is 0 Å². The van der Waals surface area contributed by atoms with Crippen LogP contribution in [-0.2, 0) is 16.6 Å². The maximum atomic E-state index is 11.8. The summed E-state index contributed by atoms with van der Waals surface area (Å²) in [5.41, 5.74) is 0. The fourth-order valence-corrected chi connectivity index (χ4v) is 3.39. The molecule has 0 spiro atoms. The maximum absolute atomic E-state index is 11.8. The second-order valence-corrected chi connectivity index (χ2v) is 6.36. The number of hydrogen-bond donors (Lipinski definition) is 3. The number of hydrogen-bond acceptors (Lipinski definition) is 5. The van der Waals surface area contributed by atoms with Gasteiger partial charge in [-0.15, -0.1) is 11.3 Å². The Bertz CT molecular complexity index is 645. The minimum atomic E-state index is -3.70. The van der Waals surface area contributed by atoms with Gasteiger partial charge in [-0.05, 0) is 12.1 Å². The zero-order valence-electron chi connectivity index (χ0n) is 8.95. The van der Waals surface area contributed by atoms with Crippen LogP contribution in [0.4, 0.5) is 0 Å². The number of nitrogens with zero attached hydrogens (tertiary/aromatic N) is 1. The third-order valence-corrected chi connectivity index (χ3v) is 5.01. The molecule has 0 atom stereocenters. The molecule has 3 N–H and O–H groups in total. The number of aromatic amines is 1. The molecule has 0 fully saturated rings. The van der Waals surface area contributed by atoms with Crippen LogP contribution in [0.2, 0.25) is 0 Å². The molecule has 7 nitrogen and oxygen atoms in total. The smallest absolute Gasteiger partial charge is 0.345 e. The molecule has 2 aromatic rings. The van der Waals surface area contributed by atoms with Gasteiger partial charge >= 0.3 is 5.97 Å². The third-order valence-electron chi connectivity index (χ3n) is 2.04.